The molecular formula is C28H26FN9. The number of benzene rings is 1. The van der Waals surface area contributed by atoms with E-state index in [1.165, 1.54) is 6.07 Å². The highest BCUT2D eigenvalue weighted by molar-refractivity contribution is 5.90. The maximum absolute atomic E-state index is 14.1. The molecule has 9 nitrogen and oxygen atoms in total. The number of nitriles is 1. The van der Waals surface area contributed by atoms with E-state index in [9.17, 15) is 9.65 Å². The summed E-state index contributed by atoms with van der Waals surface area (Å²) < 4.78 is 17.5. The lowest BCUT2D eigenvalue weighted by Crippen LogP contribution is -2.46. The smallest absolute Gasteiger partial charge is 0.164 e. The van der Waals surface area contributed by atoms with Crippen LogP contribution in [0.1, 0.15) is 11.1 Å². The third-order valence-corrected chi connectivity index (χ3v) is 7.01. The number of aryl methyl sites for hydroxylation is 1. The summed E-state index contributed by atoms with van der Waals surface area (Å²) in [6.07, 6.45) is 7.40. The number of nitrogen functional groups attached to an aromatic ring is 1. The number of hydrogen-bond acceptors (Lipinski definition) is 7. The molecule has 1 aliphatic rings. The van der Waals surface area contributed by atoms with Crippen LogP contribution in [0.15, 0.2) is 67.3 Å². The number of anilines is 2. The Bertz CT molecular complexity index is 1650. The van der Waals surface area contributed by atoms with Crippen molar-refractivity contribution in [3.8, 4) is 28.3 Å². The second-order valence-electron chi connectivity index (χ2n) is 9.47. The fourth-order valence-corrected chi connectivity index (χ4v) is 4.99. The summed E-state index contributed by atoms with van der Waals surface area (Å²) in [6.45, 7) is 3.86. The average molecular weight is 508 g/mol. The van der Waals surface area contributed by atoms with Crippen LogP contribution in [0.25, 0.3) is 27.8 Å². The first kappa shape index (κ1) is 23.6. The molecule has 2 N–H and O–H groups in total. The molecule has 0 bridgehead atoms. The minimum atomic E-state index is -0.159. The van der Waals surface area contributed by atoms with Crippen LogP contribution >= 0.6 is 0 Å². The molecule has 5 heterocycles. The zero-order valence-corrected chi connectivity index (χ0v) is 20.9. The van der Waals surface area contributed by atoms with Crippen LogP contribution in [0.5, 0.6) is 0 Å². The lowest BCUT2D eigenvalue weighted by Gasteiger charge is -2.35. The Morgan fingerprint density at radius 1 is 1.00 bits per heavy atom. The summed E-state index contributed by atoms with van der Waals surface area (Å²) in [5, 5.41) is 18.4. The number of nitrogens with zero attached hydrogens (tertiary/aromatic N) is 8. The number of aromatic nitrogens is 5. The van der Waals surface area contributed by atoms with E-state index in [1.807, 2.05) is 56.0 Å². The van der Waals surface area contributed by atoms with Gasteiger partial charge in [0.1, 0.15) is 23.3 Å². The standard InChI is InChI=1S/C28H26FN9/c1-35-16-22(15-33-35)21-12-23(27-24(13-30)28(31)34-38(27)18-21)19-6-7-26(32-14-19)37-10-8-36(9-11-37)17-20-4-2-3-5-25(20)29/h2-7,12,14-16,18H,8-11,17H2,1H3,(H2,31,34). The molecule has 0 atom stereocenters. The number of fused-ring (bicyclic) bond motifs is 1. The summed E-state index contributed by atoms with van der Waals surface area (Å²) in [4.78, 5) is 9.26. The molecule has 4 aromatic heterocycles. The van der Waals surface area contributed by atoms with E-state index in [2.05, 4.69) is 26.1 Å². The predicted molar refractivity (Wildman–Crippen MR) is 144 cm³/mol. The highest BCUT2D eigenvalue weighted by atomic mass is 19.1. The number of hydrogen-bond donors (Lipinski definition) is 1. The van der Waals surface area contributed by atoms with Crippen molar-refractivity contribution >= 4 is 17.2 Å². The summed E-state index contributed by atoms with van der Waals surface area (Å²) in [7, 11) is 1.87. The van der Waals surface area contributed by atoms with Crippen molar-refractivity contribution in [2.24, 2.45) is 7.05 Å². The predicted octanol–water partition coefficient (Wildman–Crippen LogP) is 3.71. The zero-order chi connectivity index (χ0) is 26.2. The van der Waals surface area contributed by atoms with Crippen LogP contribution in [-0.2, 0) is 13.6 Å². The first-order valence-corrected chi connectivity index (χ1v) is 12.4. The Kier molecular flexibility index (Phi) is 5.98. The van der Waals surface area contributed by atoms with Crippen molar-refractivity contribution < 1.29 is 4.39 Å². The van der Waals surface area contributed by atoms with E-state index in [1.54, 1.807) is 21.5 Å². The largest absolute Gasteiger partial charge is 0.381 e. The Balaban J connectivity index is 1.26. The van der Waals surface area contributed by atoms with Gasteiger partial charge in [-0.15, -0.1) is 5.10 Å². The topological polar surface area (TPSA) is 104 Å². The van der Waals surface area contributed by atoms with Crippen molar-refractivity contribution in [1.82, 2.24) is 29.3 Å². The first-order chi connectivity index (χ1) is 18.5. The Hall–Kier alpha value is -4.75. The van der Waals surface area contributed by atoms with Gasteiger partial charge in [-0.1, -0.05) is 18.2 Å². The van der Waals surface area contributed by atoms with Gasteiger partial charge in [0, 0.05) is 86.2 Å². The third-order valence-electron chi connectivity index (χ3n) is 7.01. The fourth-order valence-electron chi connectivity index (χ4n) is 4.99. The highest BCUT2D eigenvalue weighted by Crippen LogP contribution is 2.34. The molecule has 38 heavy (non-hydrogen) atoms. The molecule has 190 valence electrons. The number of halogens is 1. The molecule has 10 heteroatoms. The van der Waals surface area contributed by atoms with Crippen LogP contribution < -0.4 is 10.6 Å². The van der Waals surface area contributed by atoms with Gasteiger partial charge in [-0.25, -0.2) is 13.9 Å². The normalized spacial score (nSPS) is 14.2. The summed E-state index contributed by atoms with van der Waals surface area (Å²) in [6, 6.07) is 15.2. The van der Waals surface area contributed by atoms with Gasteiger partial charge < -0.3 is 10.6 Å². The van der Waals surface area contributed by atoms with Crippen molar-refractivity contribution in [3.63, 3.8) is 0 Å². The number of piperazine rings is 1. The monoisotopic (exact) mass is 507 g/mol. The SMILES string of the molecule is Cn1cc(-c2cc(-c3ccc(N4CCN(Cc5ccccc5F)CC4)nc3)c3c(C#N)c(N)nn3c2)cn1. The van der Waals surface area contributed by atoms with Crippen LogP contribution in [0.4, 0.5) is 16.0 Å². The average Bonchev–Trinajstić information content (AvgIpc) is 3.52. The first-order valence-electron chi connectivity index (χ1n) is 12.4. The minimum Gasteiger partial charge on any atom is -0.381 e. The minimum absolute atomic E-state index is 0.159. The van der Waals surface area contributed by atoms with Crippen LogP contribution in [0.3, 0.4) is 0 Å². The van der Waals surface area contributed by atoms with Gasteiger partial charge in [0.2, 0.25) is 0 Å². The maximum Gasteiger partial charge on any atom is 0.164 e. The van der Waals surface area contributed by atoms with Gasteiger partial charge in [0.25, 0.3) is 0 Å². The van der Waals surface area contributed by atoms with E-state index in [4.69, 9.17) is 10.7 Å². The lowest BCUT2D eigenvalue weighted by molar-refractivity contribution is 0.246. The third kappa shape index (κ3) is 4.33. The van der Waals surface area contributed by atoms with Crippen LogP contribution in [0.2, 0.25) is 0 Å². The molecule has 0 aliphatic carbocycles. The Morgan fingerprint density at radius 3 is 2.50 bits per heavy atom. The lowest BCUT2D eigenvalue weighted by atomic mass is 10.0. The molecule has 1 fully saturated rings. The van der Waals surface area contributed by atoms with Gasteiger partial charge >= 0.3 is 0 Å². The molecule has 1 aromatic carbocycles. The number of rotatable bonds is 5. The summed E-state index contributed by atoms with van der Waals surface area (Å²) in [5.74, 6) is 0.913. The van der Waals surface area contributed by atoms with Crippen molar-refractivity contribution in [2.75, 3.05) is 36.8 Å². The van der Waals surface area contributed by atoms with Gasteiger partial charge in [0.15, 0.2) is 5.82 Å². The van der Waals surface area contributed by atoms with Crippen LogP contribution in [0, 0.1) is 17.1 Å². The molecule has 6 rings (SSSR count). The van der Waals surface area contributed by atoms with Gasteiger partial charge in [-0.05, 0) is 24.3 Å². The molecule has 5 aromatic rings. The molecular weight excluding hydrogens is 481 g/mol. The van der Waals surface area contributed by atoms with E-state index < -0.39 is 0 Å². The Labute approximate surface area is 219 Å². The number of nitrogens with two attached hydrogens (primary N) is 1. The van der Waals surface area contributed by atoms with Crippen molar-refractivity contribution in [3.05, 3.63) is 84.2 Å². The maximum atomic E-state index is 14.1. The molecule has 1 saturated heterocycles. The van der Waals surface area contributed by atoms with E-state index in [0.717, 1.165) is 59.8 Å². The fraction of sp³-hybridized carbons (Fsp3) is 0.214. The summed E-state index contributed by atoms with van der Waals surface area (Å²) >= 11 is 0. The van der Waals surface area contributed by atoms with E-state index in [0.29, 0.717) is 17.6 Å². The molecule has 0 unspecified atom stereocenters. The van der Waals surface area contributed by atoms with E-state index >= 15 is 0 Å². The van der Waals surface area contributed by atoms with Gasteiger partial charge in [-0.2, -0.15) is 10.4 Å². The molecule has 0 spiro atoms. The molecule has 0 radical (unpaired) electrons. The second kappa shape index (κ2) is 9.61. The van der Waals surface area contributed by atoms with Gasteiger partial charge in [0.05, 0.1) is 11.7 Å². The highest BCUT2D eigenvalue weighted by Gasteiger charge is 2.21. The van der Waals surface area contributed by atoms with E-state index in [-0.39, 0.29) is 11.6 Å². The molecule has 0 saturated carbocycles. The Morgan fingerprint density at radius 2 is 1.82 bits per heavy atom. The zero-order valence-electron chi connectivity index (χ0n) is 20.9. The van der Waals surface area contributed by atoms with Crippen molar-refractivity contribution in [2.45, 2.75) is 6.54 Å². The van der Waals surface area contributed by atoms with Gasteiger partial charge in [-0.3, -0.25) is 9.58 Å². The molecule has 0 amide bonds. The second-order valence-corrected chi connectivity index (χ2v) is 9.47. The quantitative estimate of drug-likeness (QED) is 0.387. The van der Waals surface area contributed by atoms with Crippen LogP contribution in [-0.4, -0.2) is 55.5 Å². The molecule has 1 aliphatic heterocycles. The summed E-state index contributed by atoms with van der Waals surface area (Å²) in [5.41, 5.74) is 11.3. The van der Waals surface area contributed by atoms with Crippen molar-refractivity contribution in [1.29, 1.82) is 5.26 Å². The number of pyridine rings is 2.